The molecule has 0 amide bonds. The summed E-state index contributed by atoms with van der Waals surface area (Å²) in [4.78, 5) is 0. The Hall–Kier alpha value is -1.18. The van der Waals surface area contributed by atoms with Gasteiger partial charge in [-0.2, -0.15) is 0 Å². The van der Waals surface area contributed by atoms with E-state index in [1.807, 2.05) is 13.0 Å². The molecule has 0 fully saturated rings. The Morgan fingerprint density at radius 2 is 2.70 bits per heavy atom. The van der Waals surface area contributed by atoms with E-state index in [4.69, 9.17) is 9.15 Å². The number of hydrogen-bond donors (Lipinski definition) is 0. The van der Waals surface area contributed by atoms with Crippen molar-refractivity contribution >= 4 is 6.08 Å². The smallest absolute Gasteiger partial charge is 0.170 e. The molecule has 0 unspecified atom stereocenters. The maximum atomic E-state index is 4.95. The van der Waals surface area contributed by atoms with Gasteiger partial charge in [-0.15, -0.1) is 0 Å². The van der Waals surface area contributed by atoms with E-state index in [-0.39, 0.29) is 0 Å². The molecule has 0 atom stereocenters. The molecule has 10 heavy (non-hydrogen) atoms. The van der Waals surface area contributed by atoms with E-state index in [0.717, 1.165) is 5.76 Å². The monoisotopic (exact) mass is 137 g/mol. The highest BCUT2D eigenvalue weighted by Gasteiger charge is 1.85. The first kappa shape index (κ1) is 6.93. The summed E-state index contributed by atoms with van der Waals surface area (Å²) in [7, 11) is 0. The van der Waals surface area contributed by atoms with Crippen molar-refractivity contribution in [3.63, 3.8) is 0 Å². The Bertz CT molecular complexity index is 187. The van der Waals surface area contributed by atoms with E-state index < -0.39 is 0 Å². The summed E-state index contributed by atoms with van der Waals surface area (Å²) in [5.74, 6) is 0.758. The highest BCUT2D eigenvalue weighted by Crippen LogP contribution is 2.00. The van der Waals surface area contributed by atoms with Gasteiger partial charge >= 0.3 is 0 Å². The van der Waals surface area contributed by atoms with Crippen LogP contribution in [-0.4, -0.2) is 6.61 Å². The Labute approximate surface area is 60.1 Å². The molecule has 2 nitrogen and oxygen atoms in total. The molecule has 53 valence electrons. The lowest BCUT2D eigenvalue weighted by Crippen LogP contribution is -1.75. The third kappa shape index (κ3) is 1.97. The van der Waals surface area contributed by atoms with Crippen LogP contribution in [0.4, 0.5) is 0 Å². The summed E-state index contributed by atoms with van der Waals surface area (Å²) in [5, 5.41) is 0. The molecule has 0 aromatic carbocycles. The van der Waals surface area contributed by atoms with Gasteiger partial charge in [0.15, 0.2) is 6.26 Å². The van der Waals surface area contributed by atoms with Crippen LogP contribution < -0.4 is 0 Å². The van der Waals surface area contributed by atoms with Crippen LogP contribution in [0.1, 0.15) is 12.7 Å². The molecule has 1 aromatic rings. The van der Waals surface area contributed by atoms with E-state index in [1.165, 1.54) is 0 Å². The Kier molecular flexibility index (Phi) is 2.62. The maximum absolute atomic E-state index is 4.95. The summed E-state index contributed by atoms with van der Waals surface area (Å²) >= 11 is 0. The van der Waals surface area contributed by atoms with Gasteiger partial charge in [0.2, 0.25) is 0 Å². The molecule has 0 aliphatic rings. The quantitative estimate of drug-likeness (QED) is 0.595. The second kappa shape index (κ2) is 3.77. The first-order chi connectivity index (χ1) is 4.93. The van der Waals surface area contributed by atoms with E-state index in [9.17, 15) is 0 Å². The zero-order valence-electron chi connectivity index (χ0n) is 5.83. The average molecular weight is 137 g/mol. The largest absolute Gasteiger partial charge is 0.501 e. The van der Waals surface area contributed by atoms with Crippen LogP contribution in [0.25, 0.3) is 6.08 Å². The predicted octanol–water partition coefficient (Wildman–Crippen LogP) is 2.09. The van der Waals surface area contributed by atoms with Gasteiger partial charge in [-0.1, -0.05) is 0 Å². The van der Waals surface area contributed by atoms with Gasteiger partial charge in [0, 0.05) is 6.08 Å². The Morgan fingerprint density at radius 1 is 1.80 bits per heavy atom. The standard InChI is InChI=1S/C8H9O2/c1-2-9-7-5-8-4-3-6-10-8/h3-5,7H,2H2,1H3. The van der Waals surface area contributed by atoms with Gasteiger partial charge in [-0.25, -0.2) is 0 Å². The summed E-state index contributed by atoms with van der Waals surface area (Å²) < 4.78 is 9.84. The first-order valence-electron chi connectivity index (χ1n) is 3.17. The van der Waals surface area contributed by atoms with Gasteiger partial charge in [0.25, 0.3) is 0 Å². The van der Waals surface area contributed by atoms with Crippen LogP contribution in [0.15, 0.2) is 22.8 Å². The SMILES string of the molecule is CCOC=Cc1cc[c]o1. The summed E-state index contributed by atoms with van der Waals surface area (Å²) in [6.07, 6.45) is 5.93. The third-order valence-electron chi connectivity index (χ3n) is 0.988. The number of hydrogen-bond acceptors (Lipinski definition) is 2. The molecule has 2 heteroatoms. The number of ether oxygens (including phenoxy) is 1. The lowest BCUT2D eigenvalue weighted by molar-refractivity contribution is 0.271. The molecule has 0 aliphatic carbocycles. The minimum absolute atomic E-state index is 0.681. The van der Waals surface area contributed by atoms with Gasteiger partial charge in [-0.05, 0) is 19.1 Å². The molecule has 1 rings (SSSR count). The van der Waals surface area contributed by atoms with Gasteiger partial charge in [0.05, 0.1) is 12.9 Å². The summed E-state index contributed by atoms with van der Waals surface area (Å²) in [6, 6.07) is 3.53. The van der Waals surface area contributed by atoms with Crippen LogP contribution in [0.2, 0.25) is 0 Å². The van der Waals surface area contributed by atoms with Crippen LogP contribution in [0.5, 0.6) is 0 Å². The molecule has 0 N–H and O–H groups in total. The minimum Gasteiger partial charge on any atom is -0.501 e. The third-order valence-corrected chi connectivity index (χ3v) is 0.988. The van der Waals surface area contributed by atoms with Crippen molar-refractivity contribution in [2.75, 3.05) is 6.61 Å². The molecular formula is C8H9O2. The average Bonchev–Trinajstić information content (AvgIpc) is 2.41. The molecule has 0 aliphatic heterocycles. The Balaban J connectivity index is 2.40. The van der Waals surface area contributed by atoms with Crippen molar-refractivity contribution in [2.24, 2.45) is 0 Å². The lowest BCUT2D eigenvalue weighted by atomic mass is 10.4. The summed E-state index contributed by atoms with van der Waals surface area (Å²) in [6.45, 7) is 2.61. The van der Waals surface area contributed by atoms with Gasteiger partial charge in [-0.3, -0.25) is 0 Å². The molecule has 0 spiro atoms. The molecular weight excluding hydrogens is 128 g/mol. The number of rotatable bonds is 3. The Morgan fingerprint density at radius 3 is 3.30 bits per heavy atom. The van der Waals surface area contributed by atoms with Crippen LogP contribution >= 0.6 is 0 Å². The molecule has 0 saturated heterocycles. The van der Waals surface area contributed by atoms with E-state index >= 15 is 0 Å². The fourth-order valence-electron chi connectivity index (χ4n) is 0.553. The van der Waals surface area contributed by atoms with Crippen molar-refractivity contribution in [1.82, 2.24) is 0 Å². The van der Waals surface area contributed by atoms with Crippen LogP contribution in [-0.2, 0) is 4.74 Å². The summed E-state index contributed by atoms with van der Waals surface area (Å²) in [5.41, 5.74) is 0. The van der Waals surface area contributed by atoms with Crippen molar-refractivity contribution < 1.29 is 9.15 Å². The normalized spacial score (nSPS) is 10.5. The zero-order chi connectivity index (χ0) is 7.23. The molecule has 1 radical (unpaired) electrons. The van der Waals surface area contributed by atoms with Crippen LogP contribution in [0, 0.1) is 6.26 Å². The zero-order valence-corrected chi connectivity index (χ0v) is 5.83. The fraction of sp³-hybridized carbons (Fsp3) is 0.250. The van der Waals surface area contributed by atoms with Crippen molar-refractivity contribution in [3.05, 3.63) is 30.4 Å². The molecule has 0 bridgehead atoms. The van der Waals surface area contributed by atoms with Gasteiger partial charge < -0.3 is 9.15 Å². The predicted molar refractivity (Wildman–Crippen MR) is 38.2 cm³/mol. The van der Waals surface area contributed by atoms with Crippen molar-refractivity contribution in [2.45, 2.75) is 6.92 Å². The topological polar surface area (TPSA) is 22.4 Å². The van der Waals surface area contributed by atoms with E-state index in [0.29, 0.717) is 6.61 Å². The van der Waals surface area contributed by atoms with Crippen molar-refractivity contribution in [1.29, 1.82) is 0 Å². The molecule has 0 saturated carbocycles. The maximum Gasteiger partial charge on any atom is 0.170 e. The first-order valence-corrected chi connectivity index (χ1v) is 3.17. The van der Waals surface area contributed by atoms with E-state index in [1.54, 1.807) is 18.4 Å². The minimum atomic E-state index is 0.681. The molecule has 1 heterocycles. The molecule has 1 aromatic heterocycles. The van der Waals surface area contributed by atoms with Crippen molar-refractivity contribution in [3.8, 4) is 0 Å². The second-order valence-electron chi connectivity index (χ2n) is 1.71. The van der Waals surface area contributed by atoms with Gasteiger partial charge in [0.1, 0.15) is 5.76 Å². The van der Waals surface area contributed by atoms with E-state index in [2.05, 4.69) is 6.26 Å². The lowest BCUT2D eigenvalue weighted by Gasteiger charge is -1.89. The number of furan rings is 1. The fourth-order valence-corrected chi connectivity index (χ4v) is 0.553. The highest BCUT2D eigenvalue weighted by molar-refractivity contribution is 5.40. The second-order valence-corrected chi connectivity index (χ2v) is 1.71. The highest BCUT2D eigenvalue weighted by atomic mass is 16.5. The van der Waals surface area contributed by atoms with Crippen LogP contribution in [0.3, 0.4) is 0 Å².